The first-order chi connectivity index (χ1) is 28.7. The molecule has 0 aliphatic heterocycles. The summed E-state index contributed by atoms with van der Waals surface area (Å²) >= 11 is 5.86. The molecule has 60 heavy (non-hydrogen) atoms. The molecule has 2 aliphatic carbocycles. The van der Waals surface area contributed by atoms with Crippen LogP contribution in [0.5, 0.6) is 0 Å². The van der Waals surface area contributed by atoms with E-state index in [0.717, 1.165) is 74.2 Å². The SMILES string of the molecule is Fc1cc2nc(-c3cnnc(Cl)c3)n(C3CC3)c2cc1F.Fc1ccc(-c2cc(-c3nc4cc(F)c(F)cc4n3C3CC3)cnn2)cc1F.OB(O)c1ccc(F)c(F)c1. The zero-order valence-electron chi connectivity index (χ0n) is 30.5. The average Bonchev–Trinajstić information content (AvgIpc) is 4.17. The monoisotopic (exact) mass is 848 g/mol. The summed E-state index contributed by atoms with van der Waals surface area (Å²) < 4.78 is 109. The minimum Gasteiger partial charge on any atom is -0.423 e. The van der Waals surface area contributed by atoms with E-state index in [1.165, 1.54) is 18.3 Å². The molecule has 4 aromatic heterocycles. The fourth-order valence-corrected chi connectivity index (χ4v) is 6.58. The topological polar surface area (TPSA) is 128 Å². The molecule has 2 N–H and O–H groups in total. The van der Waals surface area contributed by atoms with Gasteiger partial charge in [-0.05, 0) is 73.6 Å². The van der Waals surface area contributed by atoms with E-state index >= 15 is 0 Å². The van der Waals surface area contributed by atoms with Crippen LogP contribution in [0, 0.1) is 46.5 Å². The molecule has 2 aliphatic rings. The number of benzene rings is 4. The van der Waals surface area contributed by atoms with E-state index in [1.54, 1.807) is 18.3 Å². The molecule has 0 amide bonds. The molecular weight excluding hydrogens is 823 g/mol. The lowest BCUT2D eigenvalue weighted by molar-refractivity contribution is 0.425. The fourth-order valence-electron chi connectivity index (χ4n) is 6.41. The Morgan fingerprint density at radius 3 is 1.47 bits per heavy atom. The summed E-state index contributed by atoms with van der Waals surface area (Å²) in [5.41, 5.74) is 3.72. The molecule has 0 radical (unpaired) electrons. The molecule has 2 saturated carbocycles. The van der Waals surface area contributed by atoms with E-state index in [4.69, 9.17) is 21.6 Å². The molecule has 0 unspecified atom stereocenters. The molecule has 10 rings (SSSR count). The van der Waals surface area contributed by atoms with Crippen molar-refractivity contribution in [1.82, 2.24) is 39.5 Å². The van der Waals surface area contributed by atoms with Crippen LogP contribution in [-0.2, 0) is 0 Å². The standard InChI is InChI=1S/C20H12F4N4.C14H9ClF2N4.C6H5BF2O2/c21-13-4-1-10(5-14(13)22)17-6-11(9-25-27-17)20-26-18-7-15(23)16(24)8-19(18)28(20)12-2-3-12;15-13-3-7(6-18-20-13)14-19-11-4-9(16)10(17)5-12(11)21(14)8-1-2-8;8-5-2-1-4(7(10)11)3-6(5)9/h1,4-9,12H,2-3H2;3-6,8H,1-2H2;1-3,10-11H. The molecule has 10 nitrogen and oxygen atoms in total. The molecule has 4 heterocycles. The van der Waals surface area contributed by atoms with Gasteiger partial charge in [0.05, 0.1) is 40.2 Å². The van der Waals surface area contributed by atoms with Gasteiger partial charge in [-0.1, -0.05) is 17.7 Å². The third-order valence-corrected chi connectivity index (χ3v) is 9.72. The maximum atomic E-state index is 13.8. The van der Waals surface area contributed by atoms with Gasteiger partial charge in [0.15, 0.2) is 51.7 Å². The van der Waals surface area contributed by atoms with Gasteiger partial charge in [-0.2, -0.15) is 15.3 Å². The number of aromatic nitrogens is 8. The number of fused-ring (bicyclic) bond motifs is 2. The molecule has 304 valence electrons. The van der Waals surface area contributed by atoms with Crippen LogP contribution in [0.2, 0.25) is 5.15 Å². The molecule has 0 atom stereocenters. The van der Waals surface area contributed by atoms with Crippen LogP contribution in [0.4, 0.5) is 35.1 Å². The summed E-state index contributed by atoms with van der Waals surface area (Å²) in [4.78, 5) is 8.88. The largest absolute Gasteiger partial charge is 0.488 e. The quantitative estimate of drug-likeness (QED) is 0.126. The van der Waals surface area contributed by atoms with E-state index in [0.29, 0.717) is 56.1 Å². The van der Waals surface area contributed by atoms with Gasteiger partial charge in [-0.25, -0.2) is 45.1 Å². The van der Waals surface area contributed by atoms with E-state index < -0.39 is 53.7 Å². The highest BCUT2D eigenvalue weighted by molar-refractivity contribution is 6.58. The fraction of sp³-hybridized carbons (Fsp3) is 0.150. The second-order valence-corrected chi connectivity index (χ2v) is 14.2. The third kappa shape index (κ3) is 8.41. The number of rotatable bonds is 6. The summed E-state index contributed by atoms with van der Waals surface area (Å²) in [5.74, 6) is -6.60. The highest BCUT2D eigenvalue weighted by atomic mass is 35.5. The van der Waals surface area contributed by atoms with Crippen molar-refractivity contribution in [2.45, 2.75) is 37.8 Å². The van der Waals surface area contributed by atoms with Gasteiger partial charge < -0.3 is 19.2 Å². The predicted octanol–water partition coefficient (Wildman–Crippen LogP) is 8.46. The van der Waals surface area contributed by atoms with Crippen molar-refractivity contribution >= 4 is 46.2 Å². The first kappa shape index (κ1) is 40.5. The van der Waals surface area contributed by atoms with Crippen LogP contribution in [0.3, 0.4) is 0 Å². The molecule has 0 saturated heterocycles. The Balaban J connectivity index is 0.000000137. The molecule has 0 spiro atoms. The van der Waals surface area contributed by atoms with Gasteiger partial charge in [0, 0.05) is 53.0 Å². The Morgan fingerprint density at radius 1 is 0.517 bits per heavy atom. The molecule has 0 bridgehead atoms. The minimum absolute atomic E-state index is 0.0658. The highest BCUT2D eigenvalue weighted by Crippen LogP contribution is 2.43. The van der Waals surface area contributed by atoms with Crippen LogP contribution in [0.1, 0.15) is 37.8 Å². The van der Waals surface area contributed by atoms with Crippen molar-refractivity contribution < 1.29 is 45.2 Å². The predicted molar refractivity (Wildman–Crippen MR) is 204 cm³/mol. The summed E-state index contributed by atoms with van der Waals surface area (Å²) in [6.45, 7) is 0. The Labute approximate surface area is 338 Å². The van der Waals surface area contributed by atoms with Crippen LogP contribution in [0.25, 0.3) is 56.1 Å². The Bertz CT molecular complexity index is 2930. The van der Waals surface area contributed by atoms with Gasteiger partial charge in [-0.3, -0.25) is 0 Å². The summed E-state index contributed by atoms with van der Waals surface area (Å²) in [7, 11) is -1.76. The second kappa shape index (κ2) is 16.4. The maximum Gasteiger partial charge on any atom is 0.488 e. The van der Waals surface area contributed by atoms with Crippen molar-refractivity contribution in [3.05, 3.63) is 137 Å². The van der Waals surface area contributed by atoms with E-state index in [2.05, 4.69) is 30.4 Å². The minimum atomic E-state index is -1.76. The number of hydrogen-bond donors (Lipinski definition) is 2. The third-order valence-electron chi connectivity index (χ3n) is 9.54. The number of nitrogens with zero attached hydrogens (tertiary/aromatic N) is 8. The first-order valence-electron chi connectivity index (χ1n) is 18.1. The lowest BCUT2D eigenvalue weighted by atomic mass is 9.80. The molecule has 4 aromatic carbocycles. The lowest BCUT2D eigenvalue weighted by Crippen LogP contribution is -2.30. The van der Waals surface area contributed by atoms with Crippen LogP contribution in [0.15, 0.2) is 85.2 Å². The second-order valence-electron chi connectivity index (χ2n) is 13.9. The van der Waals surface area contributed by atoms with Crippen LogP contribution >= 0.6 is 11.6 Å². The van der Waals surface area contributed by atoms with Crippen LogP contribution in [-0.4, -0.2) is 56.7 Å². The van der Waals surface area contributed by atoms with Gasteiger partial charge in [0.1, 0.15) is 11.6 Å². The Morgan fingerprint density at radius 2 is 0.983 bits per heavy atom. The smallest absolute Gasteiger partial charge is 0.423 e. The number of imidazole rings is 2. The van der Waals surface area contributed by atoms with Gasteiger partial charge in [0.25, 0.3) is 0 Å². The maximum absolute atomic E-state index is 13.8. The molecule has 20 heteroatoms. The average molecular weight is 849 g/mol. The van der Waals surface area contributed by atoms with Crippen molar-refractivity contribution in [2.24, 2.45) is 0 Å². The van der Waals surface area contributed by atoms with Crippen molar-refractivity contribution in [1.29, 1.82) is 0 Å². The molecular formula is C40H26BClF8N8O2. The zero-order valence-corrected chi connectivity index (χ0v) is 31.3. The normalized spacial score (nSPS) is 13.5. The summed E-state index contributed by atoms with van der Waals surface area (Å²) in [5, 5.41) is 32.7. The summed E-state index contributed by atoms with van der Waals surface area (Å²) in [6, 6.07) is 14.3. The molecule has 2 fully saturated rings. The van der Waals surface area contributed by atoms with Gasteiger partial charge in [-0.15, -0.1) is 5.10 Å². The van der Waals surface area contributed by atoms with Gasteiger partial charge >= 0.3 is 7.12 Å². The lowest BCUT2D eigenvalue weighted by Gasteiger charge is -2.08. The van der Waals surface area contributed by atoms with Crippen LogP contribution < -0.4 is 5.46 Å². The summed E-state index contributed by atoms with van der Waals surface area (Å²) in [6.07, 6.45) is 6.82. The Kier molecular flexibility index (Phi) is 11.1. The zero-order chi connectivity index (χ0) is 42.4. The number of hydrogen-bond acceptors (Lipinski definition) is 8. The first-order valence-corrected chi connectivity index (χ1v) is 18.5. The van der Waals surface area contributed by atoms with E-state index in [1.807, 2.05) is 9.13 Å². The van der Waals surface area contributed by atoms with Crippen molar-refractivity contribution in [2.75, 3.05) is 0 Å². The Hall–Kier alpha value is -6.31. The number of halogens is 9. The highest BCUT2D eigenvalue weighted by Gasteiger charge is 2.31. The van der Waals surface area contributed by atoms with E-state index in [9.17, 15) is 35.1 Å². The van der Waals surface area contributed by atoms with E-state index in [-0.39, 0.29) is 22.7 Å². The molecule has 8 aromatic rings. The van der Waals surface area contributed by atoms with Crippen molar-refractivity contribution in [3.8, 4) is 34.0 Å². The van der Waals surface area contributed by atoms with Gasteiger partial charge in [0.2, 0.25) is 0 Å². The van der Waals surface area contributed by atoms with Crippen molar-refractivity contribution in [3.63, 3.8) is 0 Å².